The quantitative estimate of drug-likeness (QED) is 0.828. The number of aliphatic hydroxyl groups is 1. The number of ether oxygens (including phenoxy) is 2. The first-order chi connectivity index (χ1) is 12.1. The summed E-state index contributed by atoms with van der Waals surface area (Å²) in [5.41, 5.74) is -1.75. The van der Waals surface area contributed by atoms with Crippen LogP contribution >= 0.6 is 22.7 Å². The standard InChI is InChI=1S/C18H19NO4S2/c1-19-11-8-10-9-12(19)16(15(11)22-10)23-17(20)18(21,13-4-2-6-24-13)14-5-3-7-25-14/h2-7,10-12,15-16,21H,8-9H2,1H3/t10-,11-,12+,15+,16+/m0/s1. The smallest absolute Gasteiger partial charge is 0.349 e. The number of likely N-dealkylation sites (N-methyl/N-ethyl adjacent to an activating group) is 1. The van der Waals surface area contributed by atoms with Crippen molar-refractivity contribution >= 4 is 28.6 Å². The lowest BCUT2D eigenvalue weighted by atomic mass is 9.98. The maximum absolute atomic E-state index is 13.1. The zero-order chi connectivity index (χ0) is 17.2. The molecule has 0 amide bonds. The third-order valence-corrected chi connectivity index (χ3v) is 7.74. The lowest BCUT2D eigenvalue weighted by Gasteiger charge is -2.36. The highest BCUT2D eigenvalue weighted by Crippen LogP contribution is 2.47. The van der Waals surface area contributed by atoms with E-state index in [0.29, 0.717) is 21.9 Å². The van der Waals surface area contributed by atoms with Crippen LogP contribution in [0.3, 0.4) is 0 Å². The average molecular weight is 377 g/mol. The Labute approximate surface area is 153 Å². The van der Waals surface area contributed by atoms with Crippen LogP contribution in [0.4, 0.5) is 0 Å². The van der Waals surface area contributed by atoms with E-state index in [-0.39, 0.29) is 18.2 Å². The van der Waals surface area contributed by atoms with Crippen molar-refractivity contribution in [3.8, 4) is 0 Å². The summed E-state index contributed by atoms with van der Waals surface area (Å²) in [4.78, 5) is 16.6. The number of hydrogen-bond donors (Lipinski definition) is 1. The van der Waals surface area contributed by atoms with Crippen LogP contribution in [0.2, 0.25) is 0 Å². The molecule has 0 saturated carbocycles. The van der Waals surface area contributed by atoms with E-state index in [9.17, 15) is 9.90 Å². The third-order valence-electron chi connectivity index (χ3n) is 5.78. The molecule has 6 heterocycles. The molecule has 1 N–H and O–H groups in total. The number of nitrogens with zero attached hydrogens (tertiary/aromatic N) is 1. The Kier molecular flexibility index (Phi) is 3.59. The molecular weight excluding hydrogens is 358 g/mol. The molecule has 6 rings (SSSR count). The van der Waals surface area contributed by atoms with Crippen molar-refractivity contribution in [3.05, 3.63) is 44.8 Å². The van der Waals surface area contributed by atoms with Crippen LogP contribution in [0, 0.1) is 0 Å². The number of carbonyl (C=O) groups is 1. The van der Waals surface area contributed by atoms with Crippen LogP contribution in [0.15, 0.2) is 35.0 Å². The minimum Gasteiger partial charge on any atom is -0.455 e. The summed E-state index contributed by atoms with van der Waals surface area (Å²) >= 11 is 2.72. The third kappa shape index (κ3) is 2.20. The highest BCUT2D eigenvalue weighted by molar-refractivity contribution is 7.12. The molecule has 0 unspecified atom stereocenters. The van der Waals surface area contributed by atoms with E-state index in [2.05, 4.69) is 11.9 Å². The molecule has 4 bridgehead atoms. The van der Waals surface area contributed by atoms with Gasteiger partial charge < -0.3 is 14.6 Å². The van der Waals surface area contributed by atoms with Gasteiger partial charge in [-0.05, 0) is 42.8 Å². The predicted octanol–water partition coefficient (Wildman–Crippen LogP) is 2.20. The Balaban J connectivity index is 1.46. The van der Waals surface area contributed by atoms with Gasteiger partial charge in [0.1, 0.15) is 12.2 Å². The van der Waals surface area contributed by atoms with E-state index in [0.717, 1.165) is 12.8 Å². The average Bonchev–Trinajstić information content (AvgIpc) is 3.38. The van der Waals surface area contributed by atoms with Crippen molar-refractivity contribution in [1.82, 2.24) is 4.90 Å². The molecule has 25 heavy (non-hydrogen) atoms. The molecule has 2 aromatic rings. The number of esters is 1. The Hall–Kier alpha value is -1.25. The van der Waals surface area contributed by atoms with Crippen LogP contribution in [0.5, 0.6) is 0 Å². The van der Waals surface area contributed by atoms with E-state index in [1.807, 2.05) is 22.9 Å². The second-order valence-electron chi connectivity index (χ2n) is 7.03. The number of thiophene rings is 2. The first-order valence-electron chi connectivity index (χ1n) is 8.48. The van der Waals surface area contributed by atoms with Crippen LogP contribution in [0.25, 0.3) is 0 Å². The summed E-state index contributed by atoms with van der Waals surface area (Å²) in [6.45, 7) is 0. The SMILES string of the molecule is CN1[C@@H]2C[C@@H]3C[C@H]1[C@@H](O3)[C@@H]2OC(=O)C(O)(c1cccs1)c1cccs1. The van der Waals surface area contributed by atoms with Gasteiger partial charge in [-0.1, -0.05) is 12.1 Å². The van der Waals surface area contributed by atoms with E-state index in [1.54, 1.807) is 12.1 Å². The molecule has 132 valence electrons. The fraction of sp³-hybridized carbons (Fsp3) is 0.500. The molecule has 7 heteroatoms. The van der Waals surface area contributed by atoms with Gasteiger partial charge >= 0.3 is 5.97 Å². The Morgan fingerprint density at radius 1 is 1.24 bits per heavy atom. The minimum absolute atomic E-state index is 0.0754. The van der Waals surface area contributed by atoms with E-state index >= 15 is 0 Å². The maximum Gasteiger partial charge on any atom is 0.349 e. The van der Waals surface area contributed by atoms with Gasteiger partial charge in [-0.2, -0.15) is 0 Å². The lowest BCUT2D eigenvalue weighted by Crippen LogP contribution is -2.49. The van der Waals surface area contributed by atoms with Crippen molar-refractivity contribution in [1.29, 1.82) is 0 Å². The van der Waals surface area contributed by atoms with Gasteiger partial charge in [0.25, 0.3) is 0 Å². The molecule has 5 atom stereocenters. The Morgan fingerprint density at radius 3 is 2.44 bits per heavy atom. The molecule has 0 radical (unpaired) electrons. The van der Waals surface area contributed by atoms with Crippen LogP contribution in [-0.2, 0) is 19.9 Å². The van der Waals surface area contributed by atoms with E-state index < -0.39 is 11.6 Å². The van der Waals surface area contributed by atoms with Gasteiger partial charge in [-0.3, -0.25) is 4.90 Å². The fourth-order valence-electron chi connectivity index (χ4n) is 4.53. The fourth-order valence-corrected chi connectivity index (χ4v) is 6.24. The van der Waals surface area contributed by atoms with Crippen molar-refractivity contribution in [2.24, 2.45) is 0 Å². The second kappa shape index (κ2) is 5.62. The zero-order valence-electron chi connectivity index (χ0n) is 13.7. The summed E-state index contributed by atoms with van der Waals surface area (Å²) in [6.07, 6.45) is 1.80. The van der Waals surface area contributed by atoms with Crippen LogP contribution in [-0.4, -0.2) is 53.4 Å². The minimum atomic E-state index is -1.75. The number of rotatable bonds is 4. The molecule has 4 aliphatic heterocycles. The van der Waals surface area contributed by atoms with Gasteiger partial charge in [-0.15, -0.1) is 22.7 Å². The summed E-state index contributed by atoms with van der Waals surface area (Å²) in [6, 6.07) is 7.73. The number of hydrogen-bond acceptors (Lipinski definition) is 7. The second-order valence-corrected chi connectivity index (χ2v) is 8.92. The van der Waals surface area contributed by atoms with Crippen molar-refractivity contribution < 1.29 is 19.4 Å². The van der Waals surface area contributed by atoms with Crippen molar-refractivity contribution in [2.45, 2.75) is 48.8 Å². The van der Waals surface area contributed by atoms with E-state index in [1.165, 1.54) is 22.7 Å². The van der Waals surface area contributed by atoms with Crippen molar-refractivity contribution in [2.75, 3.05) is 7.05 Å². The molecule has 5 nitrogen and oxygen atoms in total. The Bertz CT molecular complexity index is 739. The van der Waals surface area contributed by atoms with Gasteiger partial charge in [0.2, 0.25) is 5.60 Å². The molecule has 4 saturated heterocycles. The summed E-state index contributed by atoms with van der Waals surface area (Å²) < 4.78 is 12.0. The lowest BCUT2D eigenvalue weighted by molar-refractivity contribution is -0.180. The van der Waals surface area contributed by atoms with Crippen molar-refractivity contribution in [3.63, 3.8) is 0 Å². The molecule has 4 fully saturated rings. The molecular formula is C18H19NO4S2. The van der Waals surface area contributed by atoms with Crippen LogP contribution < -0.4 is 0 Å². The molecule has 4 aliphatic rings. The van der Waals surface area contributed by atoms with Gasteiger partial charge in [0.15, 0.2) is 0 Å². The topological polar surface area (TPSA) is 59.0 Å². The van der Waals surface area contributed by atoms with Gasteiger partial charge in [0.05, 0.1) is 21.9 Å². The molecule has 2 aromatic heterocycles. The first kappa shape index (κ1) is 16.0. The van der Waals surface area contributed by atoms with Crippen LogP contribution in [0.1, 0.15) is 22.6 Å². The molecule has 0 aliphatic carbocycles. The molecule has 0 spiro atoms. The normalized spacial score (nSPS) is 33.9. The largest absolute Gasteiger partial charge is 0.455 e. The number of piperidine rings is 1. The molecule has 0 aromatic carbocycles. The highest BCUT2D eigenvalue weighted by Gasteiger charge is 2.61. The highest BCUT2D eigenvalue weighted by atomic mass is 32.1. The van der Waals surface area contributed by atoms with E-state index in [4.69, 9.17) is 9.47 Å². The number of carbonyl (C=O) groups excluding carboxylic acids is 1. The maximum atomic E-state index is 13.1. The van der Waals surface area contributed by atoms with Gasteiger partial charge in [-0.25, -0.2) is 4.79 Å². The first-order valence-corrected chi connectivity index (χ1v) is 10.2. The van der Waals surface area contributed by atoms with Gasteiger partial charge in [0, 0.05) is 6.04 Å². The monoisotopic (exact) mass is 377 g/mol. The predicted molar refractivity (Wildman–Crippen MR) is 94.8 cm³/mol. The Morgan fingerprint density at radius 2 is 1.88 bits per heavy atom. The summed E-state index contributed by atoms with van der Waals surface area (Å²) in [5, 5.41) is 15.1. The summed E-state index contributed by atoms with van der Waals surface area (Å²) in [5.74, 6) is -0.601. The summed E-state index contributed by atoms with van der Waals surface area (Å²) in [7, 11) is 2.08. The zero-order valence-corrected chi connectivity index (χ0v) is 15.3.